The van der Waals surface area contributed by atoms with E-state index in [9.17, 15) is 8.42 Å². The van der Waals surface area contributed by atoms with E-state index in [0.29, 0.717) is 55.1 Å². The maximum atomic E-state index is 11.4. The van der Waals surface area contributed by atoms with Crippen LogP contribution in [0.5, 0.6) is 17.2 Å². The normalized spacial score (nSPS) is 22.5. The van der Waals surface area contributed by atoms with Gasteiger partial charge in [-0.25, -0.2) is 8.42 Å². The highest BCUT2D eigenvalue weighted by Gasteiger charge is 2.27. The summed E-state index contributed by atoms with van der Waals surface area (Å²) in [5.74, 6) is 2.84. The van der Waals surface area contributed by atoms with Crippen LogP contribution in [-0.2, 0) is 16.4 Å². The van der Waals surface area contributed by atoms with Crippen molar-refractivity contribution in [1.82, 2.24) is 5.32 Å². The molecule has 2 heterocycles. The second-order valence-electron chi connectivity index (χ2n) is 5.72. The van der Waals surface area contributed by atoms with Gasteiger partial charge in [0.1, 0.15) is 13.2 Å². The van der Waals surface area contributed by atoms with Crippen LogP contribution in [0.25, 0.3) is 0 Å². The zero-order valence-electron chi connectivity index (χ0n) is 12.6. The number of hydrogen-bond donors (Lipinski definition) is 1. The minimum atomic E-state index is -2.81. The fourth-order valence-corrected chi connectivity index (χ4v) is 4.74. The summed E-state index contributed by atoms with van der Waals surface area (Å²) in [4.78, 5) is 0. The van der Waals surface area contributed by atoms with Crippen LogP contribution in [-0.4, -0.2) is 46.8 Å². The molecule has 3 rings (SSSR count). The second-order valence-corrected chi connectivity index (χ2v) is 7.95. The maximum Gasteiger partial charge on any atom is 0.203 e. The van der Waals surface area contributed by atoms with Crippen molar-refractivity contribution in [2.75, 3.05) is 38.4 Å². The highest BCUT2D eigenvalue weighted by Crippen LogP contribution is 2.40. The Kier molecular flexibility index (Phi) is 4.44. The van der Waals surface area contributed by atoms with Gasteiger partial charge in [0.15, 0.2) is 21.3 Å². The Balaban J connectivity index is 1.61. The number of hydrogen-bond acceptors (Lipinski definition) is 6. The average molecular weight is 327 g/mol. The third-order valence-electron chi connectivity index (χ3n) is 3.98. The number of fused-ring (bicyclic) bond motifs is 1. The molecule has 122 valence electrons. The quantitative estimate of drug-likeness (QED) is 0.869. The van der Waals surface area contributed by atoms with Crippen molar-refractivity contribution < 1.29 is 22.6 Å². The predicted molar refractivity (Wildman–Crippen MR) is 82.5 cm³/mol. The van der Waals surface area contributed by atoms with E-state index in [1.165, 1.54) is 0 Å². The van der Waals surface area contributed by atoms with E-state index in [4.69, 9.17) is 14.2 Å². The lowest BCUT2D eigenvalue weighted by atomic mass is 10.1. The lowest BCUT2D eigenvalue weighted by Gasteiger charge is -2.21. The number of methoxy groups -OCH3 is 1. The zero-order chi connectivity index (χ0) is 15.6. The first-order valence-electron chi connectivity index (χ1n) is 7.45. The molecule has 0 amide bonds. The molecular formula is C15H21NO5S. The lowest BCUT2D eigenvalue weighted by Crippen LogP contribution is -2.23. The molecule has 22 heavy (non-hydrogen) atoms. The summed E-state index contributed by atoms with van der Waals surface area (Å²) >= 11 is 0. The first kappa shape index (κ1) is 15.4. The van der Waals surface area contributed by atoms with Crippen LogP contribution in [0.1, 0.15) is 12.0 Å². The van der Waals surface area contributed by atoms with Gasteiger partial charge in [-0.05, 0) is 36.6 Å². The summed E-state index contributed by atoms with van der Waals surface area (Å²) in [6.45, 7) is 2.41. The minimum absolute atomic E-state index is 0.212. The molecule has 1 fully saturated rings. The molecule has 7 heteroatoms. The lowest BCUT2D eigenvalue weighted by molar-refractivity contribution is 0.165. The van der Waals surface area contributed by atoms with Crippen molar-refractivity contribution in [3.05, 3.63) is 17.7 Å². The first-order valence-corrected chi connectivity index (χ1v) is 9.27. The Bertz CT molecular complexity index is 626. The molecule has 0 spiro atoms. The molecule has 6 nitrogen and oxygen atoms in total. The standard InChI is InChI=1S/C15H21NO5S/c1-19-13-6-12(7-14-15(13)21-4-3-20-14)9-16-8-11-2-5-22(17,18)10-11/h6-7,11,16H,2-5,8-10H2,1H3. The molecule has 1 aromatic rings. The zero-order valence-corrected chi connectivity index (χ0v) is 13.4. The van der Waals surface area contributed by atoms with Crippen LogP contribution in [0.3, 0.4) is 0 Å². The molecular weight excluding hydrogens is 306 g/mol. The first-order chi connectivity index (χ1) is 10.6. The molecule has 0 bridgehead atoms. The molecule has 0 aliphatic carbocycles. The van der Waals surface area contributed by atoms with Gasteiger partial charge < -0.3 is 19.5 Å². The van der Waals surface area contributed by atoms with Crippen LogP contribution in [0.4, 0.5) is 0 Å². The summed E-state index contributed by atoms with van der Waals surface area (Å²) in [6.07, 6.45) is 0.750. The van der Waals surface area contributed by atoms with Crippen molar-refractivity contribution in [2.45, 2.75) is 13.0 Å². The van der Waals surface area contributed by atoms with E-state index in [0.717, 1.165) is 12.0 Å². The second kappa shape index (κ2) is 6.34. The van der Waals surface area contributed by atoms with Crippen LogP contribution >= 0.6 is 0 Å². The largest absolute Gasteiger partial charge is 0.493 e. The predicted octanol–water partition coefficient (Wildman–Crippen LogP) is 0.991. The van der Waals surface area contributed by atoms with Gasteiger partial charge in [0.2, 0.25) is 5.75 Å². The summed E-state index contributed by atoms with van der Waals surface area (Å²) in [5.41, 5.74) is 1.03. The fraction of sp³-hybridized carbons (Fsp3) is 0.600. The summed E-state index contributed by atoms with van der Waals surface area (Å²) in [6, 6.07) is 3.86. The number of nitrogens with one attached hydrogen (secondary N) is 1. The molecule has 1 aromatic carbocycles. The number of ether oxygens (including phenoxy) is 3. The number of sulfone groups is 1. The van der Waals surface area contributed by atoms with Gasteiger partial charge in [-0.15, -0.1) is 0 Å². The van der Waals surface area contributed by atoms with Crippen molar-refractivity contribution in [3.63, 3.8) is 0 Å². The Morgan fingerprint density at radius 1 is 1.32 bits per heavy atom. The fourth-order valence-electron chi connectivity index (χ4n) is 2.88. The summed E-state index contributed by atoms with van der Waals surface area (Å²) in [7, 11) is -1.20. The Morgan fingerprint density at radius 3 is 2.86 bits per heavy atom. The van der Waals surface area contributed by atoms with E-state index in [-0.39, 0.29) is 5.92 Å². The van der Waals surface area contributed by atoms with E-state index in [2.05, 4.69) is 5.32 Å². The molecule has 1 unspecified atom stereocenters. The van der Waals surface area contributed by atoms with Gasteiger partial charge >= 0.3 is 0 Å². The van der Waals surface area contributed by atoms with Gasteiger partial charge in [0.05, 0.1) is 18.6 Å². The van der Waals surface area contributed by atoms with Crippen molar-refractivity contribution >= 4 is 9.84 Å². The number of rotatable bonds is 5. The monoisotopic (exact) mass is 327 g/mol. The average Bonchev–Trinajstić information content (AvgIpc) is 2.85. The van der Waals surface area contributed by atoms with E-state index < -0.39 is 9.84 Å². The molecule has 1 atom stereocenters. The van der Waals surface area contributed by atoms with Gasteiger partial charge in [-0.1, -0.05) is 0 Å². The van der Waals surface area contributed by atoms with Gasteiger partial charge in [0, 0.05) is 6.54 Å². The van der Waals surface area contributed by atoms with Gasteiger partial charge in [-0.2, -0.15) is 0 Å². The molecule has 1 N–H and O–H groups in total. The van der Waals surface area contributed by atoms with Crippen molar-refractivity contribution in [1.29, 1.82) is 0 Å². The SMILES string of the molecule is COc1cc(CNCC2CCS(=O)(=O)C2)cc2c1OCCO2. The Labute approximate surface area is 130 Å². The van der Waals surface area contributed by atoms with Gasteiger partial charge in [0.25, 0.3) is 0 Å². The van der Waals surface area contributed by atoms with E-state index >= 15 is 0 Å². The molecule has 0 aromatic heterocycles. The van der Waals surface area contributed by atoms with Crippen molar-refractivity contribution in [3.8, 4) is 17.2 Å². The number of benzene rings is 1. The summed E-state index contributed by atoms with van der Waals surface area (Å²) in [5, 5.41) is 3.32. The van der Waals surface area contributed by atoms with Crippen LogP contribution in [0.2, 0.25) is 0 Å². The van der Waals surface area contributed by atoms with Crippen LogP contribution in [0.15, 0.2) is 12.1 Å². The minimum Gasteiger partial charge on any atom is -0.493 e. The molecule has 2 aliphatic heterocycles. The maximum absolute atomic E-state index is 11.4. The van der Waals surface area contributed by atoms with E-state index in [1.54, 1.807) is 7.11 Å². The molecule has 1 saturated heterocycles. The molecule has 2 aliphatic rings. The van der Waals surface area contributed by atoms with Crippen molar-refractivity contribution in [2.24, 2.45) is 5.92 Å². The third kappa shape index (κ3) is 3.47. The smallest absolute Gasteiger partial charge is 0.203 e. The van der Waals surface area contributed by atoms with E-state index in [1.807, 2.05) is 12.1 Å². The van der Waals surface area contributed by atoms with Gasteiger partial charge in [-0.3, -0.25) is 0 Å². The highest BCUT2D eigenvalue weighted by atomic mass is 32.2. The highest BCUT2D eigenvalue weighted by molar-refractivity contribution is 7.91. The van der Waals surface area contributed by atoms with Crippen LogP contribution < -0.4 is 19.5 Å². The molecule has 0 saturated carbocycles. The molecule has 0 radical (unpaired) electrons. The third-order valence-corrected chi connectivity index (χ3v) is 5.81. The Morgan fingerprint density at radius 2 is 2.14 bits per heavy atom. The Hall–Kier alpha value is -1.47. The summed E-state index contributed by atoms with van der Waals surface area (Å²) < 4.78 is 39.4. The topological polar surface area (TPSA) is 73.9 Å². The van der Waals surface area contributed by atoms with Crippen LogP contribution in [0, 0.1) is 5.92 Å².